The molecule has 5 heterocycles. The van der Waals surface area contributed by atoms with Crippen LogP contribution in [0.2, 0.25) is 19.6 Å². The van der Waals surface area contributed by atoms with Gasteiger partial charge in [-0.25, -0.2) is 27.6 Å². The lowest BCUT2D eigenvalue weighted by Crippen LogP contribution is -2.57. The molecule has 3 amide bonds. The molecule has 17 heteroatoms. The summed E-state index contributed by atoms with van der Waals surface area (Å²) < 4.78 is 62.0. The van der Waals surface area contributed by atoms with E-state index in [0.717, 1.165) is 57.6 Å². The third kappa shape index (κ3) is 19.4. The Kier molecular flexibility index (Phi) is 20.0. The molecule has 13 nitrogen and oxygen atoms in total. The van der Waals surface area contributed by atoms with Gasteiger partial charge in [-0.3, -0.25) is 14.6 Å². The zero-order chi connectivity index (χ0) is 46.6. The molecule has 0 aromatic carbocycles. The molecule has 1 aliphatic carbocycles. The average molecular weight is 904 g/mol. The van der Waals surface area contributed by atoms with Crippen LogP contribution in [-0.4, -0.2) is 170 Å². The maximum Gasteiger partial charge on any atom is 0.410 e. The van der Waals surface area contributed by atoms with Crippen LogP contribution < -0.4 is 0 Å². The lowest BCUT2D eigenvalue weighted by Gasteiger charge is -2.44. The van der Waals surface area contributed by atoms with E-state index in [-0.39, 0.29) is 44.2 Å². The summed E-state index contributed by atoms with van der Waals surface area (Å²) in [6.07, 6.45) is 6.01. The average Bonchev–Trinajstić information content (AvgIpc) is 3.08. The van der Waals surface area contributed by atoms with Gasteiger partial charge in [0.15, 0.2) is 12.0 Å². The molecule has 0 aromatic heterocycles. The fourth-order valence-electron chi connectivity index (χ4n) is 7.53. The second-order valence-electron chi connectivity index (χ2n) is 21.1. The minimum Gasteiger partial charge on any atom is -0.547 e. The SMILES string of the molecule is CC(C)(C)OC(=O)N1CC=C(O[Si](C)(C)C)CC1.CC(C)(C)OC(=O)N1CCC(=O)C(F)C1.CC(C)(C)OC(=O)N1CC[C@H](N2CCC2)[C@H](F)C1.F[C@@H]1CCCC[C@@H]1N1CCC1. The number of Topliss-reactive ketones (excluding diaryl/α,β-unsaturated/α-hetero) is 1. The Labute approximate surface area is 371 Å². The molecule has 4 saturated heterocycles. The van der Waals surface area contributed by atoms with Gasteiger partial charge in [0.2, 0.25) is 8.32 Å². The quantitative estimate of drug-likeness (QED) is 0.200. The van der Waals surface area contributed by atoms with Crippen LogP contribution >= 0.6 is 0 Å². The summed E-state index contributed by atoms with van der Waals surface area (Å²) in [6.45, 7) is 29.2. The maximum absolute atomic E-state index is 14.1. The Morgan fingerprint density at radius 1 is 0.581 bits per heavy atom. The van der Waals surface area contributed by atoms with Crippen molar-refractivity contribution in [2.45, 2.75) is 187 Å². The molecule has 0 bridgehead atoms. The maximum atomic E-state index is 14.1. The van der Waals surface area contributed by atoms with Crippen molar-refractivity contribution in [2.24, 2.45) is 0 Å². The first kappa shape index (κ1) is 53.3. The van der Waals surface area contributed by atoms with Gasteiger partial charge in [0.05, 0.1) is 18.8 Å². The van der Waals surface area contributed by atoms with Crippen molar-refractivity contribution in [3.05, 3.63) is 11.8 Å². The number of carbonyl (C=O) groups excluding carboxylic acids is 4. The van der Waals surface area contributed by atoms with Crippen LogP contribution in [0.5, 0.6) is 0 Å². The van der Waals surface area contributed by atoms with Gasteiger partial charge in [-0.1, -0.05) is 12.8 Å². The number of hydrogen-bond acceptors (Lipinski definition) is 10. The van der Waals surface area contributed by atoms with Gasteiger partial charge in [0.1, 0.15) is 29.1 Å². The molecule has 6 rings (SSSR count). The highest BCUT2D eigenvalue weighted by molar-refractivity contribution is 6.70. The molecule has 0 N–H and O–H groups in total. The van der Waals surface area contributed by atoms with E-state index in [0.29, 0.717) is 26.1 Å². The van der Waals surface area contributed by atoms with Crippen LogP contribution in [0, 0.1) is 0 Å². The highest BCUT2D eigenvalue weighted by atomic mass is 28.4. The van der Waals surface area contributed by atoms with Crippen molar-refractivity contribution in [3.63, 3.8) is 0 Å². The molecule has 1 unspecified atom stereocenters. The predicted octanol–water partition coefficient (Wildman–Crippen LogP) is 8.91. The number of carbonyl (C=O) groups is 4. The van der Waals surface area contributed by atoms with E-state index in [1.807, 2.05) is 47.6 Å². The monoisotopic (exact) mass is 904 g/mol. The molecule has 0 radical (unpaired) electrons. The Balaban J connectivity index is 0.000000223. The smallest absolute Gasteiger partial charge is 0.410 e. The Morgan fingerprint density at radius 3 is 1.42 bits per heavy atom. The van der Waals surface area contributed by atoms with Crippen molar-refractivity contribution in [1.29, 1.82) is 0 Å². The number of halogens is 3. The number of ether oxygens (including phenoxy) is 3. The summed E-state index contributed by atoms with van der Waals surface area (Å²) in [5.74, 6) is 0.587. The van der Waals surface area contributed by atoms with E-state index in [1.165, 1.54) is 29.1 Å². The molecular formula is C45H80F3N5O8Si. The van der Waals surface area contributed by atoms with E-state index >= 15 is 0 Å². The van der Waals surface area contributed by atoms with E-state index in [4.69, 9.17) is 18.6 Å². The molecule has 6 aliphatic rings. The van der Waals surface area contributed by atoms with Crippen LogP contribution in [0.15, 0.2) is 11.8 Å². The topological polar surface area (TPSA) is 121 Å². The van der Waals surface area contributed by atoms with Crippen molar-refractivity contribution in [3.8, 4) is 0 Å². The van der Waals surface area contributed by atoms with Gasteiger partial charge < -0.3 is 33.3 Å². The first-order valence-electron chi connectivity index (χ1n) is 22.9. The van der Waals surface area contributed by atoms with Gasteiger partial charge >= 0.3 is 18.3 Å². The molecule has 0 spiro atoms. The van der Waals surface area contributed by atoms with Crippen LogP contribution in [-0.2, 0) is 23.4 Å². The minimum absolute atomic E-state index is 0.00237. The van der Waals surface area contributed by atoms with Crippen LogP contribution in [0.4, 0.5) is 27.6 Å². The standard InChI is InChI=1S/C13H23FN2O2.C13H25NO3Si.C10H16FNO3.C9H16FN/c1-13(2,3)18-12(17)16-8-5-11(10(14)9-16)15-6-4-7-15;1-13(2,3)16-12(15)14-9-7-11(8-10-14)17-18(4,5)6;1-10(2,3)15-9(14)12-5-4-8(13)7(11)6-12;10-8-4-1-2-5-9(8)11-6-3-7-11/h10-11H,4-9H2,1-3H3;7H,8-10H2,1-6H3;7H,4-6H2,1-3H3;8-9H,1-7H2/t10-,11+;;;8-,9+/m1..1/s1. The van der Waals surface area contributed by atoms with E-state index in [2.05, 4.69) is 29.4 Å². The van der Waals surface area contributed by atoms with Gasteiger partial charge in [-0.05, 0) is 146 Å². The minimum atomic E-state index is -1.56. The number of ketones is 1. The predicted molar refractivity (Wildman–Crippen MR) is 238 cm³/mol. The fourth-order valence-corrected chi connectivity index (χ4v) is 8.50. The third-order valence-corrected chi connectivity index (χ3v) is 11.7. The summed E-state index contributed by atoms with van der Waals surface area (Å²) in [7, 11) is -1.54. The lowest BCUT2D eigenvalue weighted by atomic mass is 9.91. The summed E-state index contributed by atoms with van der Waals surface area (Å²) >= 11 is 0. The van der Waals surface area contributed by atoms with Crippen LogP contribution in [0.3, 0.4) is 0 Å². The molecular weight excluding hydrogens is 824 g/mol. The number of amides is 3. The number of alkyl halides is 3. The zero-order valence-corrected chi connectivity index (χ0v) is 41.0. The zero-order valence-electron chi connectivity index (χ0n) is 40.0. The van der Waals surface area contributed by atoms with Crippen molar-refractivity contribution < 1.29 is 51.0 Å². The molecule has 0 aromatic rings. The van der Waals surface area contributed by atoms with Gasteiger partial charge in [0.25, 0.3) is 0 Å². The number of nitrogens with zero attached hydrogens (tertiary/aromatic N) is 5. The van der Waals surface area contributed by atoms with E-state index in [9.17, 15) is 32.3 Å². The first-order chi connectivity index (χ1) is 28.6. The third-order valence-electron chi connectivity index (χ3n) is 10.8. The number of rotatable bonds is 4. The van der Waals surface area contributed by atoms with Gasteiger partial charge in [-0.2, -0.15) is 0 Å². The number of hydrogen-bond donors (Lipinski definition) is 0. The number of piperidine rings is 2. The summed E-state index contributed by atoms with van der Waals surface area (Å²) in [5, 5.41) is 0. The van der Waals surface area contributed by atoms with Gasteiger partial charge in [-0.15, -0.1) is 0 Å². The highest BCUT2D eigenvalue weighted by Crippen LogP contribution is 2.29. The van der Waals surface area contributed by atoms with E-state index in [1.54, 1.807) is 25.7 Å². The molecule has 5 fully saturated rings. The Morgan fingerprint density at radius 2 is 1.03 bits per heavy atom. The highest BCUT2D eigenvalue weighted by Gasteiger charge is 2.38. The molecule has 62 heavy (non-hydrogen) atoms. The fraction of sp³-hybridized carbons (Fsp3) is 0.867. The normalized spacial score (nSPS) is 26.3. The Hall–Kier alpha value is -3.05. The summed E-state index contributed by atoms with van der Waals surface area (Å²) in [6, 6.07) is 0.287. The second kappa shape index (κ2) is 23.2. The van der Waals surface area contributed by atoms with Gasteiger partial charge in [0, 0.05) is 51.1 Å². The molecule has 5 atom stereocenters. The number of likely N-dealkylation sites (tertiary alicyclic amines) is 4. The first-order valence-corrected chi connectivity index (χ1v) is 26.3. The van der Waals surface area contributed by atoms with Crippen molar-refractivity contribution in [2.75, 3.05) is 65.4 Å². The molecule has 358 valence electrons. The largest absolute Gasteiger partial charge is 0.547 e. The summed E-state index contributed by atoms with van der Waals surface area (Å²) in [4.78, 5) is 55.0. The van der Waals surface area contributed by atoms with Crippen LogP contribution in [0.1, 0.15) is 120 Å². The van der Waals surface area contributed by atoms with Crippen molar-refractivity contribution >= 4 is 32.4 Å². The second-order valence-corrected chi connectivity index (χ2v) is 25.5. The molecule has 1 saturated carbocycles. The summed E-state index contributed by atoms with van der Waals surface area (Å²) in [5.41, 5.74) is -1.54. The van der Waals surface area contributed by atoms with Crippen molar-refractivity contribution in [1.82, 2.24) is 24.5 Å². The lowest BCUT2D eigenvalue weighted by molar-refractivity contribution is -0.127. The van der Waals surface area contributed by atoms with E-state index < -0.39 is 61.6 Å². The van der Waals surface area contributed by atoms with Crippen LogP contribution in [0.25, 0.3) is 0 Å². The molecule has 5 aliphatic heterocycles. The Bertz CT molecular complexity index is 1490.